The third kappa shape index (κ3) is 3.70. The van der Waals surface area contributed by atoms with Crippen LogP contribution in [0.4, 0.5) is 0 Å². The number of carbonyl (C=O) groups excluding carboxylic acids is 1. The van der Waals surface area contributed by atoms with Crippen molar-refractivity contribution in [1.29, 1.82) is 0 Å². The summed E-state index contributed by atoms with van der Waals surface area (Å²) in [6, 6.07) is 1.35. The highest BCUT2D eigenvalue weighted by Crippen LogP contribution is 2.31. The van der Waals surface area contributed by atoms with Gasteiger partial charge in [0.2, 0.25) is 5.89 Å². The van der Waals surface area contributed by atoms with Crippen LogP contribution in [0.1, 0.15) is 58.6 Å². The molecule has 0 aromatic carbocycles. The highest BCUT2D eigenvalue weighted by atomic mass is 16.5. The molecule has 1 aliphatic heterocycles. The molecule has 8 nitrogen and oxygen atoms in total. The number of pyridine rings is 1. The summed E-state index contributed by atoms with van der Waals surface area (Å²) in [6.07, 6.45) is 3.14. The summed E-state index contributed by atoms with van der Waals surface area (Å²) in [5, 5.41) is 3.97. The first kappa shape index (κ1) is 18.3. The molecular weight excluding hydrogens is 336 g/mol. The molecule has 0 bridgehead atoms. The maximum Gasteiger partial charge on any atom is 0.261 e. The van der Waals surface area contributed by atoms with Crippen molar-refractivity contribution in [2.45, 2.75) is 45.6 Å². The molecule has 3 heterocycles. The highest BCUT2D eigenvalue weighted by Gasteiger charge is 2.33. The van der Waals surface area contributed by atoms with Gasteiger partial charge in [0.05, 0.1) is 6.61 Å². The van der Waals surface area contributed by atoms with Gasteiger partial charge in [0.1, 0.15) is 11.6 Å². The van der Waals surface area contributed by atoms with E-state index in [2.05, 4.69) is 15.1 Å². The number of hydrogen-bond donors (Lipinski definition) is 1. The van der Waals surface area contributed by atoms with Crippen molar-refractivity contribution in [2.24, 2.45) is 0 Å². The number of amides is 1. The number of ether oxygens (including phenoxy) is 1. The zero-order valence-corrected chi connectivity index (χ0v) is 15.4. The number of likely N-dealkylation sites (tertiary alicyclic amines) is 1. The Hall–Kier alpha value is -2.48. The number of carbonyl (C=O) groups is 1. The summed E-state index contributed by atoms with van der Waals surface area (Å²) in [5.74, 6) is 0.684. The maximum absolute atomic E-state index is 13.0. The second kappa shape index (κ2) is 7.82. The Labute approximate surface area is 151 Å². The van der Waals surface area contributed by atoms with E-state index < -0.39 is 0 Å². The fourth-order valence-electron chi connectivity index (χ4n) is 3.17. The van der Waals surface area contributed by atoms with Gasteiger partial charge in [-0.25, -0.2) is 0 Å². The Morgan fingerprint density at radius 1 is 1.42 bits per heavy atom. The van der Waals surface area contributed by atoms with Gasteiger partial charge < -0.3 is 19.1 Å². The van der Waals surface area contributed by atoms with Crippen LogP contribution >= 0.6 is 0 Å². The first-order chi connectivity index (χ1) is 12.5. The minimum atomic E-state index is -0.367. The smallest absolute Gasteiger partial charge is 0.261 e. The first-order valence-corrected chi connectivity index (χ1v) is 8.84. The summed E-state index contributed by atoms with van der Waals surface area (Å²) < 4.78 is 10.4. The van der Waals surface area contributed by atoms with Gasteiger partial charge >= 0.3 is 0 Å². The van der Waals surface area contributed by atoms with Crippen LogP contribution in [0.3, 0.4) is 0 Å². The van der Waals surface area contributed by atoms with Crippen molar-refractivity contribution in [1.82, 2.24) is 20.0 Å². The van der Waals surface area contributed by atoms with Crippen LogP contribution < -0.4 is 5.56 Å². The number of rotatable bonds is 5. The van der Waals surface area contributed by atoms with Crippen LogP contribution in [0.5, 0.6) is 0 Å². The molecule has 0 aliphatic carbocycles. The molecule has 1 amide bonds. The Bertz CT molecular complexity index is 842. The number of aromatic amines is 1. The van der Waals surface area contributed by atoms with Crippen LogP contribution in [0.15, 0.2) is 15.4 Å². The summed E-state index contributed by atoms with van der Waals surface area (Å²) >= 11 is 0. The zero-order chi connectivity index (χ0) is 18.7. The Morgan fingerprint density at radius 3 is 3.00 bits per heavy atom. The van der Waals surface area contributed by atoms with Gasteiger partial charge in [-0.05, 0) is 44.7 Å². The van der Waals surface area contributed by atoms with E-state index in [0.29, 0.717) is 31.3 Å². The van der Waals surface area contributed by atoms with Gasteiger partial charge in [0, 0.05) is 25.8 Å². The van der Waals surface area contributed by atoms with Crippen molar-refractivity contribution in [3.63, 3.8) is 0 Å². The highest BCUT2D eigenvalue weighted by molar-refractivity contribution is 5.94. The topological polar surface area (TPSA) is 101 Å². The van der Waals surface area contributed by atoms with E-state index in [1.54, 1.807) is 18.1 Å². The normalized spacial score (nSPS) is 17.5. The van der Waals surface area contributed by atoms with Gasteiger partial charge in [-0.2, -0.15) is 4.98 Å². The Morgan fingerprint density at radius 2 is 2.23 bits per heavy atom. The molecule has 0 spiro atoms. The average molecular weight is 360 g/mol. The van der Waals surface area contributed by atoms with Gasteiger partial charge in [-0.15, -0.1) is 0 Å². The van der Waals surface area contributed by atoms with E-state index >= 15 is 0 Å². The largest absolute Gasteiger partial charge is 0.384 e. The van der Waals surface area contributed by atoms with E-state index in [1.165, 1.54) is 0 Å². The lowest BCUT2D eigenvalue weighted by atomic mass is 10.0. The number of methoxy groups -OCH3 is 1. The minimum absolute atomic E-state index is 0.152. The van der Waals surface area contributed by atoms with E-state index in [0.717, 1.165) is 30.5 Å². The number of H-pyrrole nitrogens is 1. The molecule has 1 atom stereocenters. The lowest BCUT2D eigenvalue weighted by molar-refractivity contribution is 0.0559. The van der Waals surface area contributed by atoms with Crippen molar-refractivity contribution < 1.29 is 14.1 Å². The number of piperidine rings is 1. The fraction of sp³-hybridized carbons (Fsp3) is 0.556. The van der Waals surface area contributed by atoms with Gasteiger partial charge in [0.25, 0.3) is 11.5 Å². The fourth-order valence-corrected chi connectivity index (χ4v) is 3.17. The van der Waals surface area contributed by atoms with E-state index in [-0.39, 0.29) is 23.1 Å². The molecule has 1 fully saturated rings. The number of aryl methyl sites for hydroxylation is 2. The molecular formula is C18H24N4O4. The molecule has 1 N–H and O–H groups in total. The average Bonchev–Trinajstić information content (AvgIpc) is 3.11. The van der Waals surface area contributed by atoms with Crippen LogP contribution in [0, 0.1) is 13.8 Å². The van der Waals surface area contributed by atoms with Crippen LogP contribution in [-0.2, 0) is 11.2 Å². The van der Waals surface area contributed by atoms with E-state index in [1.807, 2.05) is 13.8 Å². The van der Waals surface area contributed by atoms with Crippen molar-refractivity contribution in [3.8, 4) is 0 Å². The third-order valence-electron chi connectivity index (χ3n) is 4.79. The minimum Gasteiger partial charge on any atom is -0.384 e. The lowest BCUT2D eigenvalue weighted by Gasteiger charge is -2.33. The van der Waals surface area contributed by atoms with Crippen LogP contribution in [0.2, 0.25) is 0 Å². The quantitative estimate of drug-likeness (QED) is 0.874. The number of nitrogens with zero attached hydrogens (tertiary/aromatic N) is 3. The van der Waals surface area contributed by atoms with Gasteiger partial charge in [-0.3, -0.25) is 9.59 Å². The Balaban J connectivity index is 1.87. The van der Waals surface area contributed by atoms with E-state index in [4.69, 9.17) is 9.26 Å². The molecule has 140 valence electrons. The summed E-state index contributed by atoms with van der Waals surface area (Å²) in [4.78, 5) is 34.1. The van der Waals surface area contributed by atoms with Gasteiger partial charge in [-0.1, -0.05) is 5.16 Å². The molecule has 26 heavy (non-hydrogen) atoms. The molecule has 0 radical (unpaired) electrons. The number of aromatic nitrogens is 3. The maximum atomic E-state index is 13.0. The molecule has 1 unspecified atom stereocenters. The molecule has 2 aromatic heterocycles. The van der Waals surface area contributed by atoms with Crippen LogP contribution in [0.25, 0.3) is 0 Å². The predicted molar refractivity (Wildman–Crippen MR) is 94.0 cm³/mol. The summed E-state index contributed by atoms with van der Waals surface area (Å²) in [5.41, 5.74) is 1.43. The standard InChI is InChI=1S/C18H24N4O4/c1-11-10-13(16(23)19-12(11)2)18(24)22-8-5-4-6-14(22)17-20-15(21-26-17)7-9-25-3/h10,14H,4-9H2,1-3H3,(H,19,23). The number of nitrogens with one attached hydrogen (secondary N) is 1. The second-order valence-corrected chi connectivity index (χ2v) is 6.62. The summed E-state index contributed by atoms with van der Waals surface area (Å²) in [6.45, 7) is 4.75. The second-order valence-electron chi connectivity index (χ2n) is 6.62. The zero-order valence-electron chi connectivity index (χ0n) is 15.4. The lowest BCUT2D eigenvalue weighted by Crippen LogP contribution is -2.41. The molecule has 1 saturated heterocycles. The number of hydrogen-bond acceptors (Lipinski definition) is 6. The molecule has 0 saturated carbocycles. The molecule has 2 aromatic rings. The molecule has 8 heteroatoms. The van der Waals surface area contributed by atoms with Crippen molar-refractivity contribution >= 4 is 5.91 Å². The SMILES string of the molecule is COCCc1noc(C2CCCCN2C(=O)c2cc(C)c(C)[nH]c2=O)n1. The Kier molecular flexibility index (Phi) is 5.51. The molecule has 3 rings (SSSR count). The third-order valence-corrected chi connectivity index (χ3v) is 4.79. The van der Waals surface area contributed by atoms with Crippen molar-refractivity contribution in [3.05, 3.63) is 45.0 Å². The van der Waals surface area contributed by atoms with Crippen molar-refractivity contribution in [2.75, 3.05) is 20.3 Å². The molecule has 1 aliphatic rings. The summed E-state index contributed by atoms with van der Waals surface area (Å²) in [7, 11) is 1.61. The predicted octanol–water partition coefficient (Wildman–Crippen LogP) is 1.93. The van der Waals surface area contributed by atoms with E-state index in [9.17, 15) is 9.59 Å². The first-order valence-electron chi connectivity index (χ1n) is 8.84. The van der Waals surface area contributed by atoms with Gasteiger partial charge in [0.15, 0.2) is 5.82 Å². The van der Waals surface area contributed by atoms with Crippen LogP contribution in [-0.4, -0.2) is 46.2 Å². The monoisotopic (exact) mass is 360 g/mol.